The minimum Gasteiger partial charge on any atom is -0.503 e. The lowest BCUT2D eigenvalue weighted by Gasteiger charge is -2.26. The third-order valence-electron chi connectivity index (χ3n) is 3.94. The van der Waals surface area contributed by atoms with Crippen molar-refractivity contribution in [1.29, 1.82) is 0 Å². The number of carbonyl (C=O) groups excluding carboxylic acids is 2. The standard InChI is InChI=1S/C18H15BrN2O3/c1-2-14(22)15-16(11-6-8-20-9-7-11)21(18(24)17(15)23)13-5-3-4-12(19)10-13/h3-10,16,23H,2H2,1H3. The molecule has 0 spiro atoms. The van der Waals surface area contributed by atoms with Crippen molar-refractivity contribution < 1.29 is 14.7 Å². The van der Waals surface area contributed by atoms with Gasteiger partial charge in [-0.1, -0.05) is 28.9 Å². The smallest absolute Gasteiger partial charge is 0.294 e. The van der Waals surface area contributed by atoms with E-state index in [-0.39, 0.29) is 17.8 Å². The topological polar surface area (TPSA) is 70.5 Å². The molecule has 24 heavy (non-hydrogen) atoms. The van der Waals surface area contributed by atoms with E-state index in [4.69, 9.17) is 0 Å². The number of carbonyl (C=O) groups is 2. The molecule has 0 fully saturated rings. The van der Waals surface area contributed by atoms with E-state index < -0.39 is 17.7 Å². The van der Waals surface area contributed by atoms with Gasteiger partial charge in [0.15, 0.2) is 11.5 Å². The van der Waals surface area contributed by atoms with Crippen molar-refractivity contribution in [3.8, 4) is 0 Å². The largest absolute Gasteiger partial charge is 0.503 e. The zero-order valence-electron chi connectivity index (χ0n) is 12.9. The average molecular weight is 387 g/mol. The molecular formula is C18H15BrN2O3. The number of nitrogens with zero attached hydrogens (tertiary/aromatic N) is 2. The number of hydrogen-bond donors (Lipinski definition) is 1. The number of benzene rings is 1. The molecule has 0 saturated heterocycles. The molecule has 1 aromatic carbocycles. The van der Waals surface area contributed by atoms with Gasteiger partial charge in [-0.05, 0) is 35.9 Å². The highest BCUT2D eigenvalue weighted by atomic mass is 79.9. The molecule has 1 N–H and O–H groups in total. The summed E-state index contributed by atoms with van der Waals surface area (Å²) in [5, 5.41) is 10.3. The van der Waals surface area contributed by atoms with Crippen LogP contribution < -0.4 is 4.90 Å². The van der Waals surface area contributed by atoms with Crippen molar-refractivity contribution in [3.63, 3.8) is 0 Å². The van der Waals surface area contributed by atoms with Crippen LogP contribution in [-0.4, -0.2) is 21.8 Å². The third-order valence-corrected chi connectivity index (χ3v) is 4.43. The van der Waals surface area contributed by atoms with Crippen molar-refractivity contribution in [3.05, 3.63) is 70.2 Å². The van der Waals surface area contributed by atoms with Crippen molar-refractivity contribution >= 4 is 33.3 Å². The summed E-state index contributed by atoms with van der Waals surface area (Å²) < 4.78 is 0.802. The molecule has 122 valence electrons. The maximum Gasteiger partial charge on any atom is 0.294 e. The van der Waals surface area contributed by atoms with Crippen LogP contribution in [0, 0.1) is 0 Å². The van der Waals surface area contributed by atoms with Gasteiger partial charge in [-0.3, -0.25) is 19.5 Å². The molecule has 3 rings (SSSR count). The van der Waals surface area contributed by atoms with Crippen LogP contribution in [0.5, 0.6) is 0 Å². The van der Waals surface area contributed by atoms with Crippen LogP contribution in [-0.2, 0) is 9.59 Å². The van der Waals surface area contributed by atoms with Crippen LogP contribution in [0.4, 0.5) is 5.69 Å². The third kappa shape index (κ3) is 2.73. The van der Waals surface area contributed by atoms with Crippen LogP contribution in [0.3, 0.4) is 0 Å². The van der Waals surface area contributed by atoms with E-state index in [1.807, 2.05) is 6.07 Å². The summed E-state index contributed by atoms with van der Waals surface area (Å²) in [4.78, 5) is 30.5. The van der Waals surface area contributed by atoms with Crippen molar-refractivity contribution in [2.24, 2.45) is 0 Å². The normalized spacial score (nSPS) is 17.5. The molecule has 1 amide bonds. The number of pyridine rings is 1. The van der Waals surface area contributed by atoms with Gasteiger partial charge in [0.2, 0.25) is 0 Å². The lowest BCUT2D eigenvalue weighted by Crippen LogP contribution is -2.31. The number of hydrogen-bond acceptors (Lipinski definition) is 4. The van der Waals surface area contributed by atoms with Gasteiger partial charge in [0.25, 0.3) is 5.91 Å². The summed E-state index contributed by atoms with van der Waals surface area (Å²) in [6.07, 6.45) is 3.41. The fraction of sp³-hybridized carbons (Fsp3) is 0.167. The summed E-state index contributed by atoms with van der Waals surface area (Å²) in [7, 11) is 0. The van der Waals surface area contributed by atoms with Gasteiger partial charge in [-0.2, -0.15) is 0 Å². The van der Waals surface area contributed by atoms with Gasteiger partial charge in [0.1, 0.15) is 0 Å². The molecular weight excluding hydrogens is 372 g/mol. The molecule has 1 aliphatic heterocycles. The molecule has 0 aliphatic carbocycles. The summed E-state index contributed by atoms with van der Waals surface area (Å²) in [6, 6.07) is 10.0. The molecule has 2 aromatic rings. The number of anilines is 1. The Balaban J connectivity index is 2.18. The summed E-state index contributed by atoms with van der Waals surface area (Å²) in [5.74, 6) is -1.31. The Kier molecular flexibility index (Phi) is 4.49. The van der Waals surface area contributed by atoms with Gasteiger partial charge < -0.3 is 5.11 Å². The zero-order chi connectivity index (χ0) is 17.3. The Morgan fingerprint density at radius 2 is 2.00 bits per heavy atom. The van der Waals surface area contributed by atoms with E-state index in [1.165, 1.54) is 4.90 Å². The zero-order valence-corrected chi connectivity index (χ0v) is 14.5. The van der Waals surface area contributed by atoms with E-state index in [0.717, 1.165) is 10.0 Å². The van der Waals surface area contributed by atoms with Gasteiger partial charge >= 0.3 is 0 Å². The Labute approximate surface area is 147 Å². The van der Waals surface area contributed by atoms with E-state index >= 15 is 0 Å². The predicted molar refractivity (Wildman–Crippen MR) is 93.6 cm³/mol. The van der Waals surface area contributed by atoms with E-state index in [1.54, 1.807) is 49.6 Å². The second-order valence-corrected chi connectivity index (χ2v) is 6.29. The van der Waals surface area contributed by atoms with Gasteiger partial charge in [0.05, 0.1) is 11.6 Å². The number of aliphatic hydroxyl groups is 1. The average Bonchev–Trinajstić information content (AvgIpc) is 2.86. The molecule has 0 radical (unpaired) electrons. The monoisotopic (exact) mass is 386 g/mol. The molecule has 6 heteroatoms. The maximum absolute atomic E-state index is 12.7. The summed E-state index contributed by atoms with van der Waals surface area (Å²) in [5.41, 5.74) is 1.45. The number of halogens is 1. The predicted octanol–water partition coefficient (Wildman–Crippen LogP) is 3.72. The minimum atomic E-state index is -0.665. The van der Waals surface area contributed by atoms with Crippen molar-refractivity contribution in [1.82, 2.24) is 4.98 Å². The highest BCUT2D eigenvalue weighted by molar-refractivity contribution is 9.10. The van der Waals surface area contributed by atoms with Crippen molar-refractivity contribution in [2.75, 3.05) is 4.90 Å². The highest BCUT2D eigenvalue weighted by Gasteiger charge is 2.43. The minimum absolute atomic E-state index is 0.133. The molecule has 1 unspecified atom stereocenters. The molecule has 5 nitrogen and oxygen atoms in total. The Morgan fingerprint density at radius 1 is 1.29 bits per heavy atom. The first-order valence-corrected chi connectivity index (χ1v) is 8.29. The lowest BCUT2D eigenvalue weighted by atomic mass is 9.95. The molecule has 1 aliphatic rings. The van der Waals surface area contributed by atoms with Gasteiger partial charge in [-0.15, -0.1) is 0 Å². The molecule has 0 bridgehead atoms. The van der Waals surface area contributed by atoms with E-state index in [9.17, 15) is 14.7 Å². The van der Waals surface area contributed by atoms with Crippen molar-refractivity contribution in [2.45, 2.75) is 19.4 Å². The molecule has 1 atom stereocenters. The molecule has 0 saturated carbocycles. The van der Waals surface area contributed by atoms with Crippen LogP contribution in [0.15, 0.2) is 64.6 Å². The maximum atomic E-state index is 12.7. The first-order valence-electron chi connectivity index (χ1n) is 7.50. The number of aromatic nitrogens is 1. The summed E-state index contributed by atoms with van der Waals surface area (Å²) >= 11 is 3.39. The SMILES string of the molecule is CCC(=O)C1=C(O)C(=O)N(c2cccc(Br)c2)C1c1ccncc1. The lowest BCUT2D eigenvalue weighted by molar-refractivity contribution is -0.118. The fourth-order valence-corrected chi connectivity index (χ4v) is 3.22. The molecule has 2 heterocycles. The van der Waals surface area contributed by atoms with E-state index in [2.05, 4.69) is 20.9 Å². The van der Waals surface area contributed by atoms with Crippen LogP contribution in [0.1, 0.15) is 24.9 Å². The Morgan fingerprint density at radius 3 is 2.62 bits per heavy atom. The second kappa shape index (κ2) is 6.57. The Hall–Kier alpha value is -2.47. The first kappa shape index (κ1) is 16.4. The Bertz CT molecular complexity index is 833. The number of aliphatic hydroxyl groups excluding tert-OH is 1. The van der Waals surface area contributed by atoms with E-state index in [0.29, 0.717) is 5.69 Å². The first-order chi connectivity index (χ1) is 11.5. The number of amides is 1. The number of Topliss-reactive ketones (excluding diaryl/α,β-unsaturated/α-hetero) is 1. The van der Waals surface area contributed by atoms with Crippen LogP contribution in [0.2, 0.25) is 0 Å². The second-order valence-electron chi connectivity index (χ2n) is 5.38. The number of ketones is 1. The highest BCUT2D eigenvalue weighted by Crippen LogP contribution is 2.41. The quantitative estimate of drug-likeness (QED) is 0.868. The number of rotatable bonds is 4. The molecule has 1 aromatic heterocycles. The summed E-state index contributed by atoms with van der Waals surface area (Å²) in [6.45, 7) is 1.71. The van der Waals surface area contributed by atoms with Gasteiger partial charge in [-0.25, -0.2) is 0 Å². The van der Waals surface area contributed by atoms with Gasteiger partial charge in [0, 0.05) is 29.0 Å². The van der Waals surface area contributed by atoms with Crippen LogP contribution >= 0.6 is 15.9 Å². The fourth-order valence-electron chi connectivity index (χ4n) is 2.83. The van der Waals surface area contributed by atoms with Crippen LogP contribution in [0.25, 0.3) is 0 Å².